The Bertz CT molecular complexity index is 1400. The van der Waals surface area contributed by atoms with Gasteiger partial charge in [-0.15, -0.1) is 0 Å². The molecule has 0 unspecified atom stereocenters. The Balaban J connectivity index is 1.77. The summed E-state index contributed by atoms with van der Waals surface area (Å²) < 4.78 is 36.3. The number of sulfone groups is 1. The van der Waals surface area contributed by atoms with Crippen molar-refractivity contribution in [2.75, 3.05) is 19.7 Å². The number of nitrogens with two attached hydrogens (primary N) is 1. The number of hydrogen-bond donors (Lipinski definition) is 3. The number of hydrogen-bond acceptors (Lipinski definition) is 8. The standard InChI is InChI=1S/C25H31N5O6S/c1-4-13-30(14-12-22(31)35-5-2)25(32)36-20-11-10-19-23(16(20)3)29-21(28-19)15-37(33,34)18-8-6-17(7-9-18)24(26)27/h6-11H,4-5,12-15H2,1-3H3,(H3,26,27)(H,28,29). The number of nitrogens with zero attached hydrogens (tertiary/aromatic N) is 2. The Hall–Kier alpha value is -3.93. The van der Waals surface area contributed by atoms with Gasteiger partial charge in [0.25, 0.3) is 0 Å². The van der Waals surface area contributed by atoms with Crippen LogP contribution in [-0.2, 0) is 25.1 Å². The van der Waals surface area contributed by atoms with Crippen molar-refractivity contribution < 1.29 is 27.5 Å². The first-order valence-electron chi connectivity index (χ1n) is 11.8. The number of benzene rings is 2. The van der Waals surface area contributed by atoms with E-state index in [2.05, 4.69) is 9.97 Å². The van der Waals surface area contributed by atoms with Crippen molar-refractivity contribution in [2.24, 2.45) is 5.73 Å². The number of fused-ring (bicyclic) bond motifs is 1. The zero-order valence-corrected chi connectivity index (χ0v) is 21.9. The number of aromatic nitrogens is 2. The summed E-state index contributed by atoms with van der Waals surface area (Å²) in [6.07, 6.45) is 0.154. The van der Waals surface area contributed by atoms with E-state index in [0.29, 0.717) is 35.1 Å². The van der Waals surface area contributed by atoms with Crippen LogP contribution >= 0.6 is 0 Å². The Morgan fingerprint density at radius 1 is 1.11 bits per heavy atom. The minimum absolute atomic E-state index is 0.0651. The van der Waals surface area contributed by atoms with Crippen molar-refractivity contribution in [3.05, 3.63) is 53.3 Å². The maximum absolute atomic E-state index is 12.9. The molecule has 0 aliphatic carbocycles. The van der Waals surface area contributed by atoms with Gasteiger partial charge in [0.15, 0.2) is 9.84 Å². The highest BCUT2D eigenvalue weighted by atomic mass is 32.2. The van der Waals surface area contributed by atoms with E-state index < -0.39 is 15.9 Å². The van der Waals surface area contributed by atoms with Gasteiger partial charge in [-0.2, -0.15) is 0 Å². The van der Waals surface area contributed by atoms with Crippen molar-refractivity contribution in [1.82, 2.24) is 14.9 Å². The van der Waals surface area contributed by atoms with Crippen LogP contribution in [0.4, 0.5) is 4.79 Å². The molecule has 37 heavy (non-hydrogen) atoms. The van der Waals surface area contributed by atoms with E-state index in [4.69, 9.17) is 20.6 Å². The van der Waals surface area contributed by atoms with Crippen LogP contribution in [0.5, 0.6) is 5.75 Å². The zero-order valence-electron chi connectivity index (χ0n) is 21.0. The maximum Gasteiger partial charge on any atom is 0.415 e. The summed E-state index contributed by atoms with van der Waals surface area (Å²) in [5.74, 6) is -0.379. The van der Waals surface area contributed by atoms with Crippen LogP contribution in [0.2, 0.25) is 0 Å². The Labute approximate surface area is 215 Å². The highest BCUT2D eigenvalue weighted by Crippen LogP contribution is 2.27. The fraction of sp³-hybridized carbons (Fsp3) is 0.360. The fourth-order valence-electron chi connectivity index (χ4n) is 3.71. The van der Waals surface area contributed by atoms with E-state index in [0.717, 1.165) is 0 Å². The SMILES string of the molecule is CCCN(CCC(=O)OCC)C(=O)Oc1ccc2[nH]c(CS(=O)(=O)c3ccc(C(=N)N)cc3)nc2c1C. The van der Waals surface area contributed by atoms with Crippen LogP contribution < -0.4 is 10.5 Å². The molecule has 0 bridgehead atoms. The molecule has 0 aliphatic heterocycles. The highest BCUT2D eigenvalue weighted by Gasteiger charge is 2.21. The summed E-state index contributed by atoms with van der Waals surface area (Å²) >= 11 is 0. The number of carbonyl (C=O) groups is 2. The molecular weight excluding hydrogens is 498 g/mol. The molecule has 4 N–H and O–H groups in total. The summed E-state index contributed by atoms with van der Waals surface area (Å²) in [6, 6.07) is 9.05. The van der Waals surface area contributed by atoms with Crippen LogP contribution in [0, 0.1) is 12.3 Å². The second kappa shape index (κ2) is 11.9. The first-order chi connectivity index (χ1) is 17.6. The fourth-order valence-corrected chi connectivity index (χ4v) is 4.93. The Morgan fingerprint density at radius 3 is 2.43 bits per heavy atom. The number of amides is 1. The van der Waals surface area contributed by atoms with Crippen molar-refractivity contribution in [1.29, 1.82) is 5.41 Å². The summed E-state index contributed by atoms with van der Waals surface area (Å²) in [5, 5.41) is 7.44. The number of rotatable bonds is 11. The predicted octanol–water partition coefficient (Wildman–Crippen LogP) is 3.29. The third kappa shape index (κ3) is 6.85. The zero-order chi connectivity index (χ0) is 27.2. The first kappa shape index (κ1) is 27.7. The number of imidazole rings is 1. The molecule has 1 amide bonds. The predicted molar refractivity (Wildman–Crippen MR) is 138 cm³/mol. The average Bonchev–Trinajstić information content (AvgIpc) is 3.26. The normalized spacial score (nSPS) is 11.3. The van der Waals surface area contributed by atoms with Gasteiger partial charge in [-0.05, 0) is 44.5 Å². The molecule has 3 aromatic rings. The van der Waals surface area contributed by atoms with E-state index in [1.54, 1.807) is 26.0 Å². The van der Waals surface area contributed by atoms with Crippen molar-refractivity contribution >= 4 is 38.8 Å². The number of esters is 1. The van der Waals surface area contributed by atoms with Gasteiger partial charge in [0.1, 0.15) is 23.2 Å². The quantitative estimate of drug-likeness (QED) is 0.193. The second-order valence-electron chi connectivity index (χ2n) is 8.38. The lowest BCUT2D eigenvalue weighted by molar-refractivity contribution is -0.143. The van der Waals surface area contributed by atoms with Gasteiger partial charge in [-0.25, -0.2) is 18.2 Å². The van der Waals surface area contributed by atoms with Crippen LogP contribution in [0.3, 0.4) is 0 Å². The average molecular weight is 530 g/mol. The molecular formula is C25H31N5O6S. The molecule has 0 saturated heterocycles. The molecule has 1 aromatic heterocycles. The molecule has 11 nitrogen and oxygen atoms in total. The van der Waals surface area contributed by atoms with Crippen molar-refractivity contribution in [3.8, 4) is 5.75 Å². The van der Waals surface area contributed by atoms with E-state index in [9.17, 15) is 18.0 Å². The van der Waals surface area contributed by atoms with Crippen LogP contribution in [0.15, 0.2) is 41.3 Å². The van der Waals surface area contributed by atoms with Gasteiger partial charge < -0.3 is 25.1 Å². The number of nitrogens with one attached hydrogen (secondary N) is 2. The Morgan fingerprint density at radius 2 is 1.81 bits per heavy atom. The molecule has 2 aromatic carbocycles. The summed E-state index contributed by atoms with van der Waals surface area (Å²) in [6.45, 7) is 6.22. The molecule has 3 rings (SSSR count). The summed E-state index contributed by atoms with van der Waals surface area (Å²) in [5.41, 5.74) is 7.51. The molecule has 0 radical (unpaired) electrons. The minimum Gasteiger partial charge on any atom is -0.466 e. The number of aryl methyl sites for hydroxylation is 1. The monoisotopic (exact) mass is 529 g/mol. The number of H-pyrrole nitrogens is 1. The van der Waals surface area contributed by atoms with E-state index in [1.165, 1.54) is 29.2 Å². The lowest BCUT2D eigenvalue weighted by atomic mass is 10.2. The van der Waals surface area contributed by atoms with Crippen LogP contribution in [0.25, 0.3) is 11.0 Å². The molecule has 198 valence electrons. The maximum atomic E-state index is 12.9. The molecule has 12 heteroatoms. The van der Waals surface area contributed by atoms with Crippen LogP contribution in [-0.4, -0.2) is 60.9 Å². The Kier molecular flexibility index (Phi) is 8.87. The molecule has 0 atom stereocenters. The third-order valence-electron chi connectivity index (χ3n) is 5.60. The number of aromatic amines is 1. The molecule has 0 spiro atoms. The van der Waals surface area contributed by atoms with Gasteiger partial charge in [0.05, 0.1) is 29.0 Å². The van der Waals surface area contributed by atoms with Crippen LogP contribution in [0.1, 0.15) is 43.6 Å². The molecule has 0 aliphatic rings. The molecule has 0 saturated carbocycles. The van der Waals surface area contributed by atoms with Gasteiger partial charge in [0.2, 0.25) is 0 Å². The van der Waals surface area contributed by atoms with E-state index in [1.807, 2.05) is 6.92 Å². The van der Waals surface area contributed by atoms with Crippen molar-refractivity contribution in [3.63, 3.8) is 0 Å². The molecule has 0 fully saturated rings. The second-order valence-corrected chi connectivity index (χ2v) is 10.4. The largest absolute Gasteiger partial charge is 0.466 e. The summed E-state index contributed by atoms with van der Waals surface area (Å²) in [7, 11) is -3.72. The highest BCUT2D eigenvalue weighted by molar-refractivity contribution is 7.90. The smallest absolute Gasteiger partial charge is 0.415 e. The molecule has 1 heterocycles. The summed E-state index contributed by atoms with van der Waals surface area (Å²) in [4.78, 5) is 33.5. The van der Waals surface area contributed by atoms with E-state index >= 15 is 0 Å². The third-order valence-corrected chi connectivity index (χ3v) is 7.24. The number of amidine groups is 1. The van der Waals surface area contributed by atoms with Gasteiger partial charge in [-0.3, -0.25) is 10.2 Å². The number of ether oxygens (including phenoxy) is 2. The van der Waals surface area contributed by atoms with Gasteiger partial charge >= 0.3 is 12.1 Å². The number of nitrogen functional groups attached to an aromatic ring is 1. The number of carbonyl (C=O) groups excluding carboxylic acids is 2. The van der Waals surface area contributed by atoms with Gasteiger partial charge in [0, 0.05) is 24.2 Å². The first-order valence-corrected chi connectivity index (χ1v) is 13.5. The van der Waals surface area contributed by atoms with Gasteiger partial charge in [-0.1, -0.05) is 19.1 Å². The lowest BCUT2D eigenvalue weighted by Gasteiger charge is -2.21. The lowest BCUT2D eigenvalue weighted by Crippen LogP contribution is -2.36. The topological polar surface area (TPSA) is 169 Å². The van der Waals surface area contributed by atoms with Crippen molar-refractivity contribution in [2.45, 2.75) is 44.3 Å². The minimum atomic E-state index is -3.72. The van der Waals surface area contributed by atoms with E-state index in [-0.39, 0.29) is 53.6 Å².